The van der Waals surface area contributed by atoms with Crippen LogP contribution in [0, 0.1) is 11.8 Å². The van der Waals surface area contributed by atoms with Crippen molar-refractivity contribution in [2.45, 2.75) is 38.5 Å². The molecule has 0 amide bonds. The van der Waals surface area contributed by atoms with Crippen molar-refractivity contribution < 1.29 is 27.4 Å². The van der Waals surface area contributed by atoms with Gasteiger partial charge in [0.05, 0.1) is 23.9 Å². The van der Waals surface area contributed by atoms with E-state index in [1.54, 1.807) is 37.3 Å². The lowest BCUT2D eigenvalue weighted by Crippen LogP contribution is -2.37. The molecule has 0 radical (unpaired) electrons. The first-order valence-corrected chi connectivity index (χ1v) is 9.87. The number of carbonyl (C=O) groups excluding carboxylic acids is 1. The van der Waals surface area contributed by atoms with Crippen molar-refractivity contribution in [1.82, 2.24) is 19.5 Å². The van der Waals surface area contributed by atoms with E-state index in [0.717, 1.165) is 6.92 Å². The summed E-state index contributed by atoms with van der Waals surface area (Å²) in [4.78, 5) is 24.8. The van der Waals surface area contributed by atoms with E-state index in [1.807, 2.05) is 0 Å². The van der Waals surface area contributed by atoms with Gasteiger partial charge in [-0.25, -0.2) is 19.7 Å². The van der Waals surface area contributed by atoms with Crippen LogP contribution in [0.5, 0.6) is 0 Å². The van der Waals surface area contributed by atoms with E-state index in [0.29, 0.717) is 0 Å². The van der Waals surface area contributed by atoms with Gasteiger partial charge in [-0.15, -0.1) is 0 Å². The fourth-order valence-corrected chi connectivity index (χ4v) is 3.91. The number of ether oxygens (including phenoxy) is 2. The van der Waals surface area contributed by atoms with Crippen LogP contribution < -0.4 is 0 Å². The minimum Gasteiger partial charge on any atom is -0.454 e. The average Bonchev–Trinajstić information content (AvgIpc) is 3.30. The molecule has 1 aliphatic heterocycles. The molecule has 0 bridgehead atoms. The number of alkyl halides is 3. The first-order chi connectivity index (χ1) is 14.7. The van der Waals surface area contributed by atoms with E-state index in [1.165, 1.54) is 17.2 Å². The molecular formula is C20H18ClF3N4O3. The van der Waals surface area contributed by atoms with Crippen LogP contribution in [-0.2, 0) is 9.47 Å². The quantitative estimate of drug-likeness (QED) is 0.428. The van der Waals surface area contributed by atoms with Crippen molar-refractivity contribution in [3.8, 4) is 0 Å². The summed E-state index contributed by atoms with van der Waals surface area (Å²) in [6.45, 7) is 2.61. The number of rotatable bonds is 4. The van der Waals surface area contributed by atoms with Crippen molar-refractivity contribution in [1.29, 1.82) is 0 Å². The van der Waals surface area contributed by atoms with Crippen LogP contribution in [0.15, 0.2) is 43.0 Å². The number of aromatic nitrogens is 4. The fraction of sp³-hybridized carbons (Fsp3) is 0.400. The van der Waals surface area contributed by atoms with Crippen LogP contribution in [-0.4, -0.2) is 43.9 Å². The lowest BCUT2D eigenvalue weighted by Gasteiger charge is -2.25. The maximum Gasteiger partial charge on any atom is 0.394 e. The second-order valence-electron chi connectivity index (χ2n) is 7.41. The Labute approximate surface area is 180 Å². The smallest absolute Gasteiger partial charge is 0.394 e. The summed E-state index contributed by atoms with van der Waals surface area (Å²) in [6, 6.07) is 8.20. The number of esters is 1. The van der Waals surface area contributed by atoms with Crippen molar-refractivity contribution in [3.63, 3.8) is 0 Å². The van der Waals surface area contributed by atoms with Crippen LogP contribution in [0.1, 0.15) is 30.4 Å². The summed E-state index contributed by atoms with van der Waals surface area (Å²) < 4.78 is 53.3. The number of imidazole rings is 1. The van der Waals surface area contributed by atoms with Gasteiger partial charge in [-0.2, -0.15) is 13.2 Å². The zero-order chi connectivity index (χ0) is 22.3. The van der Waals surface area contributed by atoms with Gasteiger partial charge >= 0.3 is 12.1 Å². The van der Waals surface area contributed by atoms with E-state index in [4.69, 9.17) is 21.1 Å². The van der Waals surface area contributed by atoms with Crippen LogP contribution in [0.2, 0.25) is 5.15 Å². The summed E-state index contributed by atoms with van der Waals surface area (Å²) in [5.74, 6) is -3.20. The molecule has 0 aliphatic carbocycles. The number of hydrogen-bond donors (Lipinski definition) is 0. The molecule has 3 heterocycles. The largest absolute Gasteiger partial charge is 0.454 e. The van der Waals surface area contributed by atoms with Crippen molar-refractivity contribution in [2.24, 2.45) is 11.8 Å². The highest BCUT2D eigenvalue weighted by Gasteiger charge is 2.54. The summed E-state index contributed by atoms with van der Waals surface area (Å²) in [5.41, 5.74) is 0.806. The maximum atomic E-state index is 13.5. The third kappa shape index (κ3) is 3.97. The van der Waals surface area contributed by atoms with Crippen LogP contribution >= 0.6 is 11.6 Å². The van der Waals surface area contributed by atoms with E-state index < -0.39 is 42.4 Å². The molecule has 0 N–H and O–H groups in total. The number of nitrogens with zero attached hydrogens (tertiary/aromatic N) is 4. The highest BCUT2D eigenvalue weighted by molar-refractivity contribution is 6.33. The third-order valence-corrected chi connectivity index (χ3v) is 5.74. The molecule has 1 fully saturated rings. The number of hydrogen-bond acceptors (Lipinski definition) is 6. The van der Waals surface area contributed by atoms with E-state index in [9.17, 15) is 18.0 Å². The van der Waals surface area contributed by atoms with Gasteiger partial charge in [0.1, 0.15) is 11.8 Å². The summed E-state index contributed by atoms with van der Waals surface area (Å²) in [7, 11) is 0. The molecule has 4 rings (SSSR count). The predicted octanol–water partition coefficient (Wildman–Crippen LogP) is 4.44. The van der Waals surface area contributed by atoms with E-state index in [-0.39, 0.29) is 21.9 Å². The molecule has 31 heavy (non-hydrogen) atoms. The van der Waals surface area contributed by atoms with Crippen LogP contribution in [0.4, 0.5) is 13.2 Å². The lowest BCUT2D eigenvalue weighted by molar-refractivity contribution is -0.206. The standard InChI is InChI=1S/C20H18ClF3N4O3/c1-10-14(11(2)20(22,23)24)30-18(15(10)31-19(29)12-6-4-3-5-7-12)28-9-27-13-16(21)25-8-26-17(13)28/h3-11,14-15,18H,1-2H3/t10-,11+,14+,15-,18-/m1/s1. The number of halogens is 4. The highest BCUT2D eigenvalue weighted by Crippen LogP contribution is 2.44. The van der Waals surface area contributed by atoms with Crippen LogP contribution in [0.25, 0.3) is 11.2 Å². The van der Waals surface area contributed by atoms with Crippen molar-refractivity contribution in [3.05, 3.63) is 53.7 Å². The van der Waals surface area contributed by atoms with Gasteiger partial charge in [-0.1, -0.05) is 43.6 Å². The Kier molecular flexibility index (Phi) is 5.61. The molecule has 1 saturated heterocycles. The topological polar surface area (TPSA) is 79.1 Å². The summed E-state index contributed by atoms with van der Waals surface area (Å²) in [6.07, 6.45) is -5.27. The SMILES string of the molecule is C[C@H]1[C@@H](OC(=O)c2ccccc2)[C@H](n2cnc3c(Cl)ncnc32)O[C@@H]1[C@H](C)C(F)(F)F. The maximum absolute atomic E-state index is 13.5. The minimum absolute atomic E-state index is 0.0906. The molecule has 0 saturated carbocycles. The molecule has 3 aromatic rings. The Hall–Kier alpha value is -2.72. The zero-order valence-electron chi connectivity index (χ0n) is 16.5. The molecular weight excluding hydrogens is 437 g/mol. The minimum atomic E-state index is -4.48. The number of fused-ring (bicyclic) bond motifs is 1. The molecule has 11 heteroatoms. The second kappa shape index (κ2) is 8.08. The molecule has 5 atom stereocenters. The van der Waals surface area contributed by atoms with Gasteiger partial charge in [-0.05, 0) is 12.1 Å². The molecule has 2 aromatic heterocycles. The molecule has 0 unspecified atom stereocenters. The molecule has 7 nitrogen and oxygen atoms in total. The zero-order valence-corrected chi connectivity index (χ0v) is 17.2. The first kappa shape index (κ1) is 21.5. The predicted molar refractivity (Wildman–Crippen MR) is 104 cm³/mol. The Morgan fingerprint density at radius 3 is 2.61 bits per heavy atom. The molecule has 0 spiro atoms. The van der Waals surface area contributed by atoms with Gasteiger partial charge in [0.15, 0.2) is 23.1 Å². The van der Waals surface area contributed by atoms with Gasteiger partial charge in [0, 0.05) is 5.92 Å². The highest BCUT2D eigenvalue weighted by atomic mass is 35.5. The van der Waals surface area contributed by atoms with Gasteiger partial charge in [0.25, 0.3) is 0 Å². The van der Waals surface area contributed by atoms with Crippen molar-refractivity contribution >= 4 is 28.7 Å². The van der Waals surface area contributed by atoms with Gasteiger partial charge in [-0.3, -0.25) is 4.57 Å². The lowest BCUT2D eigenvalue weighted by atomic mass is 9.91. The second-order valence-corrected chi connectivity index (χ2v) is 7.76. The summed E-state index contributed by atoms with van der Waals surface area (Å²) >= 11 is 6.04. The Bertz CT molecular complexity index is 1090. The first-order valence-electron chi connectivity index (χ1n) is 9.49. The molecule has 1 aliphatic rings. The third-order valence-electron chi connectivity index (χ3n) is 5.46. The molecule has 1 aromatic carbocycles. The Morgan fingerprint density at radius 2 is 1.94 bits per heavy atom. The van der Waals surface area contributed by atoms with Crippen molar-refractivity contribution in [2.75, 3.05) is 0 Å². The number of benzene rings is 1. The van der Waals surface area contributed by atoms with E-state index >= 15 is 0 Å². The molecule has 164 valence electrons. The monoisotopic (exact) mass is 454 g/mol. The average molecular weight is 455 g/mol. The fourth-order valence-electron chi connectivity index (χ4n) is 3.73. The normalized spacial score (nSPS) is 25.0. The van der Waals surface area contributed by atoms with Crippen LogP contribution in [0.3, 0.4) is 0 Å². The Morgan fingerprint density at radius 1 is 1.23 bits per heavy atom. The number of carbonyl (C=O) groups is 1. The summed E-state index contributed by atoms with van der Waals surface area (Å²) in [5, 5.41) is 0.0906. The van der Waals surface area contributed by atoms with E-state index in [2.05, 4.69) is 15.0 Å². The Balaban J connectivity index is 1.72. The van der Waals surface area contributed by atoms with Gasteiger partial charge < -0.3 is 9.47 Å². The van der Waals surface area contributed by atoms with Gasteiger partial charge in [0.2, 0.25) is 0 Å².